The highest BCUT2D eigenvalue weighted by Crippen LogP contribution is 2.31. The lowest BCUT2D eigenvalue weighted by molar-refractivity contribution is -0.384. The molecular formula is C12H14N2O4. The number of nitrogens with zero attached hydrogens (tertiary/aromatic N) is 1. The third-order valence-corrected chi connectivity index (χ3v) is 2.64. The van der Waals surface area contributed by atoms with Gasteiger partial charge in [-0.3, -0.25) is 10.1 Å². The van der Waals surface area contributed by atoms with Gasteiger partial charge in [0.05, 0.1) is 17.1 Å². The first-order valence-corrected chi connectivity index (χ1v) is 5.84. The van der Waals surface area contributed by atoms with Crippen LogP contribution in [0.4, 0.5) is 11.4 Å². The topological polar surface area (TPSA) is 81.5 Å². The number of hydrogen-bond acceptors (Lipinski definition) is 5. The molecule has 0 unspecified atom stereocenters. The molecule has 0 aromatic heterocycles. The highest BCUT2D eigenvalue weighted by molar-refractivity contribution is 5.91. The van der Waals surface area contributed by atoms with Crippen molar-refractivity contribution >= 4 is 17.3 Å². The molecule has 18 heavy (non-hydrogen) atoms. The number of ether oxygens (including phenoxy) is 1. The summed E-state index contributed by atoms with van der Waals surface area (Å²) in [6.07, 6.45) is 2.05. The first-order valence-electron chi connectivity index (χ1n) is 5.84. The van der Waals surface area contributed by atoms with E-state index in [1.165, 1.54) is 12.1 Å². The zero-order chi connectivity index (χ0) is 13.1. The van der Waals surface area contributed by atoms with Crippen LogP contribution in [-0.2, 0) is 4.74 Å². The average molecular weight is 250 g/mol. The summed E-state index contributed by atoms with van der Waals surface area (Å²) in [6.45, 7) is 1.93. The Morgan fingerprint density at radius 1 is 1.56 bits per heavy atom. The van der Waals surface area contributed by atoms with Crippen molar-refractivity contribution in [2.45, 2.75) is 25.8 Å². The standard InChI is InChI=1S/C12H14N2O4/c1-2-18-12(15)8-3-6-10(13-9-4-5-9)11(7-8)14(16)17/h3,6-7,9,13H,2,4-5H2,1H3. The van der Waals surface area contributed by atoms with Gasteiger partial charge in [-0.25, -0.2) is 4.79 Å². The Labute approximate surface area is 104 Å². The van der Waals surface area contributed by atoms with Gasteiger partial charge < -0.3 is 10.1 Å². The number of carbonyl (C=O) groups excluding carboxylic acids is 1. The molecule has 0 heterocycles. The molecule has 1 aromatic rings. The van der Waals surface area contributed by atoms with E-state index in [2.05, 4.69) is 5.32 Å². The number of rotatable bonds is 5. The lowest BCUT2D eigenvalue weighted by Gasteiger charge is -2.07. The minimum atomic E-state index is -0.543. The molecule has 1 aliphatic rings. The van der Waals surface area contributed by atoms with Crippen molar-refractivity contribution in [3.05, 3.63) is 33.9 Å². The van der Waals surface area contributed by atoms with Gasteiger partial charge in [0.1, 0.15) is 5.69 Å². The van der Waals surface area contributed by atoms with E-state index in [9.17, 15) is 14.9 Å². The highest BCUT2D eigenvalue weighted by Gasteiger charge is 2.25. The number of nitro benzene ring substituents is 1. The second-order valence-electron chi connectivity index (χ2n) is 4.13. The number of nitrogens with one attached hydrogen (secondary N) is 1. The first-order chi connectivity index (χ1) is 8.61. The van der Waals surface area contributed by atoms with Crippen LogP contribution in [0.1, 0.15) is 30.1 Å². The van der Waals surface area contributed by atoms with E-state index >= 15 is 0 Å². The Bertz CT molecular complexity index is 483. The largest absolute Gasteiger partial charge is 0.462 e. The van der Waals surface area contributed by atoms with Crippen LogP contribution in [0.5, 0.6) is 0 Å². The smallest absolute Gasteiger partial charge is 0.338 e. The molecule has 0 spiro atoms. The van der Waals surface area contributed by atoms with Crippen LogP contribution in [0.2, 0.25) is 0 Å². The van der Waals surface area contributed by atoms with E-state index in [0.29, 0.717) is 11.7 Å². The fourth-order valence-electron chi connectivity index (χ4n) is 1.59. The molecule has 1 saturated carbocycles. The van der Waals surface area contributed by atoms with Gasteiger partial charge in [-0.05, 0) is 31.9 Å². The van der Waals surface area contributed by atoms with Crippen LogP contribution in [0.15, 0.2) is 18.2 Å². The van der Waals surface area contributed by atoms with Crippen molar-refractivity contribution in [3.63, 3.8) is 0 Å². The molecule has 1 fully saturated rings. The quantitative estimate of drug-likeness (QED) is 0.492. The second-order valence-corrected chi connectivity index (χ2v) is 4.13. The zero-order valence-corrected chi connectivity index (χ0v) is 10.0. The molecule has 1 aromatic carbocycles. The maximum absolute atomic E-state index is 11.5. The minimum Gasteiger partial charge on any atom is -0.462 e. The maximum atomic E-state index is 11.5. The third-order valence-electron chi connectivity index (χ3n) is 2.64. The molecule has 0 aliphatic heterocycles. The van der Waals surface area contributed by atoms with E-state index in [4.69, 9.17) is 4.74 Å². The molecular weight excluding hydrogens is 236 g/mol. The predicted octanol–water partition coefficient (Wildman–Crippen LogP) is 2.35. The molecule has 0 radical (unpaired) electrons. The average Bonchev–Trinajstić information content (AvgIpc) is 3.13. The fraction of sp³-hybridized carbons (Fsp3) is 0.417. The van der Waals surface area contributed by atoms with Gasteiger partial charge in [0.2, 0.25) is 0 Å². The predicted molar refractivity (Wildman–Crippen MR) is 65.7 cm³/mol. The van der Waals surface area contributed by atoms with E-state index in [0.717, 1.165) is 12.8 Å². The number of benzene rings is 1. The lowest BCUT2D eigenvalue weighted by Crippen LogP contribution is -2.08. The summed E-state index contributed by atoms with van der Waals surface area (Å²) in [4.78, 5) is 22.0. The van der Waals surface area contributed by atoms with Crippen LogP contribution in [0, 0.1) is 10.1 Å². The minimum absolute atomic E-state index is 0.0903. The van der Waals surface area contributed by atoms with Gasteiger partial charge in [0.25, 0.3) is 5.69 Å². The summed E-state index contributed by atoms with van der Waals surface area (Å²) in [5, 5.41) is 14.0. The summed E-state index contributed by atoms with van der Waals surface area (Å²) in [7, 11) is 0. The molecule has 96 valence electrons. The number of hydrogen-bond donors (Lipinski definition) is 1. The molecule has 0 bridgehead atoms. The molecule has 0 saturated heterocycles. The second kappa shape index (κ2) is 5.03. The Hall–Kier alpha value is -2.11. The maximum Gasteiger partial charge on any atom is 0.338 e. The van der Waals surface area contributed by atoms with Gasteiger partial charge in [-0.2, -0.15) is 0 Å². The Morgan fingerprint density at radius 2 is 2.28 bits per heavy atom. The van der Waals surface area contributed by atoms with Gasteiger partial charge in [-0.1, -0.05) is 0 Å². The van der Waals surface area contributed by atoms with Crippen LogP contribution in [0.3, 0.4) is 0 Å². The fourth-order valence-corrected chi connectivity index (χ4v) is 1.59. The molecule has 0 amide bonds. The summed E-state index contributed by atoms with van der Waals surface area (Å²) in [5.74, 6) is -0.543. The van der Waals surface area contributed by atoms with Crippen LogP contribution >= 0.6 is 0 Å². The van der Waals surface area contributed by atoms with Crippen LogP contribution in [-0.4, -0.2) is 23.5 Å². The molecule has 1 aliphatic carbocycles. The normalized spacial score (nSPS) is 14.1. The number of esters is 1. The molecule has 0 atom stereocenters. The van der Waals surface area contributed by atoms with Gasteiger partial charge in [-0.15, -0.1) is 0 Å². The summed E-state index contributed by atoms with van der Waals surface area (Å²) in [5.41, 5.74) is 0.563. The Morgan fingerprint density at radius 3 is 2.83 bits per heavy atom. The van der Waals surface area contributed by atoms with Crippen molar-refractivity contribution in [2.75, 3.05) is 11.9 Å². The van der Waals surface area contributed by atoms with Crippen molar-refractivity contribution in [1.82, 2.24) is 0 Å². The molecule has 6 heteroatoms. The summed E-state index contributed by atoms with van der Waals surface area (Å²) >= 11 is 0. The molecule has 6 nitrogen and oxygen atoms in total. The number of anilines is 1. The highest BCUT2D eigenvalue weighted by atomic mass is 16.6. The number of carbonyl (C=O) groups is 1. The summed E-state index contributed by atoms with van der Waals surface area (Å²) in [6, 6.07) is 4.67. The van der Waals surface area contributed by atoms with Gasteiger partial charge in [0, 0.05) is 12.1 Å². The van der Waals surface area contributed by atoms with E-state index in [1.807, 2.05) is 0 Å². The third kappa shape index (κ3) is 2.77. The van der Waals surface area contributed by atoms with Crippen molar-refractivity contribution in [1.29, 1.82) is 0 Å². The zero-order valence-electron chi connectivity index (χ0n) is 10.0. The SMILES string of the molecule is CCOC(=O)c1ccc(NC2CC2)c([N+](=O)[O-])c1. The van der Waals surface area contributed by atoms with Crippen molar-refractivity contribution < 1.29 is 14.5 Å². The number of nitro groups is 1. The van der Waals surface area contributed by atoms with Crippen LogP contribution in [0.25, 0.3) is 0 Å². The summed E-state index contributed by atoms with van der Waals surface area (Å²) < 4.78 is 4.81. The van der Waals surface area contributed by atoms with Crippen LogP contribution < -0.4 is 5.32 Å². The first kappa shape index (κ1) is 12.3. The van der Waals surface area contributed by atoms with Crippen molar-refractivity contribution in [3.8, 4) is 0 Å². The van der Waals surface area contributed by atoms with E-state index in [1.54, 1.807) is 13.0 Å². The molecule has 2 rings (SSSR count). The Balaban J connectivity index is 2.26. The van der Waals surface area contributed by atoms with Gasteiger partial charge in [0.15, 0.2) is 0 Å². The van der Waals surface area contributed by atoms with Gasteiger partial charge >= 0.3 is 5.97 Å². The van der Waals surface area contributed by atoms with E-state index < -0.39 is 10.9 Å². The molecule has 1 N–H and O–H groups in total. The lowest BCUT2D eigenvalue weighted by atomic mass is 10.1. The monoisotopic (exact) mass is 250 g/mol. The van der Waals surface area contributed by atoms with Crippen molar-refractivity contribution in [2.24, 2.45) is 0 Å². The Kier molecular flexibility index (Phi) is 3.45. The van der Waals surface area contributed by atoms with E-state index in [-0.39, 0.29) is 17.9 Å².